The number of hydrogen-bond donors (Lipinski definition) is 1. The van der Waals surface area contributed by atoms with E-state index in [2.05, 4.69) is 10.3 Å². The molecule has 0 saturated heterocycles. The van der Waals surface area contributed by atoms with Crippen LogP contribution in [0.2, 0.25) is 0 Å². The van der Waals surface area contributed by atoms with Gasteiger partial charge >= 0.3 is 0 Å². The summed E-state index contributed by atoms with van der Waals surface area (Å²) in [5.74, 6) is -1.03. The highest BCUT2D eigenvalue weighted by molar-refractivity contribution is 7.13. The van der Waals surface area contributed by atoms with Crippen LogP contribution in [-0.2, 0) is 0 Å². The first-order valence-corrected chi connectivity index (χ1v) is 6.28. The largest absolute Gasteiger partial charge is 0.319 e. The number of aromatic nitrogens is 1. The van der Waals surface area contributed by atoms with Crippen molar-refractivity contribution in [1.29, 1.82) is 5.26 Å². The Balaban J connectivity index is 2.25. The molecule has 19 heavy (non-hydrogen) atoms. The number of nitriles is 1. The maximum Gasteiger partial charge on any atom is 0.267 e. The standard InChI is InChI=1S/C13H10FN3OS/c1-7-12(19-8(2)16-7)13(18)17-11-4-3-9(6-15)5-10(11)14/h3-5H,1-2H3,(H,17,18). The number of halogens is 1. The van der Waals surface area contributed by atoms with Crippen molar-refractivity contribution < 1.29 is 9.18 Å². The van der Waals surface area contributed by atoms with Crippen LogP contribution in [0.4, 0.5) is 10.1 Å². The van der Waals surface area contributed by atoms with Crippen LogP contribution >= 0.6 is 11.3 Å². The van der Waals surface area contributed by atoms with Crippen LogP contribution in [0.25, 0.3) is 0 Å². The minimum atomic E-state index is -0.633. The van der Waals surface area contributed by atoms with Gasteiger partial charge in [0.1, 0.15) is 10.7 Å². The second-order valence-electron chi connectivity index (χ2n) is 3.91. The zero-order valence-corrected chi connectivity index (χ0v) is 11.1. The molecule has 2 rings (SSSR count). The summed E-state index contributed by atoms with van der Waals surface area (Å²) in [6.45, 7) is 3.53. The fraction of sp³-hybridized carbons (Fsp3) is 0.154. The third-order valence-corrected chi connectivity index (χ3v) is 3.53. The minimum Gasteiger partial charge on any atom is -0.319 e. The average Bonchev–Trinajstić information content (AvgIpc) is 2.71. The predicted molar refractivity (Wildman–Crippen MR) is 70.7 cm³/mol. The van der Waals surface area contributed by atoms with E-state index in [0.717, 1.165) is 11.1 Å². The van der Waals surface area contributed by atoms with Crippen LogP contribution in [0.15, 0.2) is 18.2 Å². The number of hydrogen-bond acceptors (Lipinski definition) is 4. The van der Waals surface area contributed by atoms with Crippen molar-refractivity contribution in [3.05, 3.63) is 45.2 Å². The average molecular weight is 275 g/mol. The van der Waals surface area contributed by atoms with Gasteiger partial charge in [-0.2, -0.15) is 5.26 Å². The lowest BCUT2D eigenvalue weighted by atomic mass is 10.2. The number of benzene rings is 1. The van der Waals surface area contributed by atoms with E-state index in [1.165, 1.54) is 23.5 Å². The van der Waals surface area contributed by atoms with E-state index in [-0.39, 0.29) is 11.3 Å². The predicted octanol–water partition coefficient (Wildman–Crippen LogP) is 3.02. The normalized spacial score (nSPS) is 10.0. The van der Waals surface area contributed by atoms with Crippen LogP contribution < -0.4 is 5.32 Å². The molecule has 2 aromatic rings. The summed E-state index contributed by atoms with van der Waals surface area (Å²) in [6, 6.07) is 5.73. The molecule has 1 amide bonds. The fourth-order valence-electron chi connectivity index (χ4n) is 1.61. The molecule has 1 heterocycles. The third-order valence-electron chi connectivity index (χ3n) is 2.46. The molecule has 0 saturated carbocycles. The van der Waals surface area contributed by atoms with Crippen LogP contribution in [0.3, 0.4) is 0 Å². The number of rotatable bonds is 2. The topological polar surface area (TPSA) is 65.8 Å². The smallest absolute Gasteiger partial charge is 0.267 e. The number of thiazole rings is 1. The molecule has 0 aliphatic heterocycles. The second-order valence-corrected chi connectivity index (χ2v) is 5.11. The highest BCUT2D eigenvalue weighted by atomic mass is 32.1. The first-order chi connectivity index (χ1) is 9.01. The number of nitrogens with one attached hydrogen (secondary N) is 1. The van der Waals surface area contributed by atoms with Crippen molar-refractivity contribution in [2.75, 3.05) is 5.32 Å². The minimum absolute atomic E-state index is 0.0504. The van der Waals surface area contributed by atoms with Crippen molar-refractivity contribution >= 4 is 22.9 Å². The molecule has 0 fully saturated rings. The van der Waals surface area contributed by atoms with Crippen molar-refractivity contribution in [2.24, 2.45) is 0 Å². The maximum atomic E-state index is 13.6. The molecular weight excluding hydrogens is 265 g/mol. The molecule has 0 atom stereocenters. The Hall–Kier alpha value is -2.26. The summed E-state index contributed by atoms with van der Waals surface area (Å²) in [7, 11) is 0. The van der Waals surface area contributed by atoms with Gasteiger partial charge in [-0.05, 0) is 32.0 Å². The molecule has 6 heteroatoms. The summed E-state index contributed by atoms with van der Waals surface area (Å²) in [5.41, 5.74) is 0.879. The van der Waals surface area contributed by atoms with Gasteiger partial charge in [0.05, 0.1) is 28.0 Å². The van der Waals surface area contributed by atoms with Gasteiger partial charge in [-0.1, -0.05) is 0 Å². The lowest BCUT2D eigenvalue weighted by Gasteiger charge is -2.05. The van der Waals surface area contributed by atoms with Crippen molar-refractivity contribution in [3.8, 4) is 6.07 Å². The van der Waals surface area contributed by atoms with Gasteiger partial charge in [-0.3, -0.25) is 4.79 Å². The molecule has 0 bridgehead atoms. The van der Waals surface area contributed by atoms with Gasteiger partial charge in [-0.15, -0.1) is 11.3 Å². The molecule has 4 nitrogen and oxygen atoms in total. The number of aryl methyl sites for hydroxylation is 2. The molecule has 0 aliphatic rings. The van der Waals surface area contributed by atoms with Gasteiger partial charge in [0.25, 0.3) is 5.91 Å². The monoisotopic (exact) mass is 275 g/mol. The molecule has 96 valence electrons. The Morgan fingerprint density at radius 3 is 2.74 bits per heavy atom. The van der Waals surface area contributed by atoms with Crippen LogP contribution in [-0.4, -0.2) is 10.9 Å². The van der Waals surface area contributed by atoms with Gasteiger partial charge in [0, 0.05) is 0 Å². The zero-order valence-electron chi connectivity index (χ0n) is 10.3. The van der Waals surface area contributed by atoms with Gasteiger partial charge in [-0.25, -0.2) is 9.37 Å². The summed E-state index contributed by atoms with van der Waals surface area (Å²) >= 11 is 1.26. The lowest BCUT2D eigenvalue weighted by molar-refractivity contribution is 0.102. The highest BCUT2D eigenvalue weighted by Crippen LogP contribution is 2.21. The maximum absolute atomic E-state index is 13.6. The van der Waals surface area contributed by atoms with Gasteiger partial charge < -0.3 is 5.32 Å². The first-order valence-electron chi connectivity index (χ1n) is 5.46. The van der Waals surface area contributed by atoms with Gasteiger partial charge in [0.15, 0.2) is 0 Å². The Morgan fingerprint density at radius 1 is 1.47 bits per heavy atom. The lowest BCUT2D eigenvalue weighted by Crippen LogP contribution is -2.12. The van der Waals surface area contributed by atoms with E-state index in [1.807, 2.05) is 6.07 Å². The van der Waals surface area contributed by atoms with E-state index < -0.39 is 11.7 Å². The molecular formula is C13H10FN3OS. The van der Waals surface area contributed by atoms with E-state index in [4.69, 9.17) is 5.26 Å². The molecule has 0 radical (unpaired) electrons. The molecule has 1 aromatic heterocycles. The SMILES string of the molecule is Cc1nc(C)c(C(=O)Nc2ccc(C#N)cc2F)s1. The number of carbonyl (C=O) groups is 1. The zero-order chi connectivity index (χ0) is 14.0. The highest BCUT2D eigenvalue weighted by Gasteiger charge is 2.15. The van der Waals surface area contributed by atoms with E-state index >= 15 is 0 Å². The molecule has 1 aromatic carbocycles. The number of nitrogens with zero attached hydrogens (tertiary/aromatic N) is 2. The summed E-state index contributed by atoms with van der Waals surface area (Å²) in [6.07, 6.45) is 0. The van der Waals surface area contributed by atoms with E-state index in [9.17, 15) is 9.18 Å². The molecule has 0 spiro atoms. The van der Waals surface area contributed by atoms with E-state index in [0.29, 0.717) is 10.6 Å². The second kappa shape index (κ2) is 5.16. The van der Waals surface area contributed by atoms with Crippen LogP contribution in [0.1, 0.15) is 25.9 Å². The van der Waals surface area contributed by atoms with Crippen molar-refractivity contribution in [3.63, 3.8) is 0 Å². The Bertz CT molecular complexity index is 688. The summed E-state index contributed by atoms with van der Waals surface area (Å²) < 4.78 is 13.6. The number of amides is 1. The Kier molecular flexibility index (Phi) is 3.58. The summed E-state index contributed by atoms with van der Waals surface area (Å²) in [5, 5.41) is 11.9. The quantitative estimate of drug-likeness (QED) is 0.916. The Morgan fingerprint density at radius 2 is 2.21 bits per heavy atom. The van der Waals surface area contributed by atoms with Crippen molar-refractivity contribution in [2.45, 2.75) is 13.8 Å². The Labute approximate surface area is 113 Å². The molecule has 0 aliphatic carbocycles. The number of anilines is 1. The third kappa shape index (κ3) is 2.77. The first kappa shape index (κ1) is 13.2. The number of carbonyl (C=O) groups excluding carboxylic acids is 1. The fourth-order valence-corrected chi connectivity index (χ4v) is 2.42. The molecule has 0 unspecified atom stereocenters. The van der Waals surface area contributed by atoms with Crippen molar-refractivity contribution in [1.82, 2.24) is 4.98 Å². The van der Waals surface area contributed by atoms with Gasteiger partial charge in [0.2, 0.25) is 0 Å². The molecule has 1 N–H and O–H groups in total. The van der Waals surface area contributed by atoms with E-state index in [1.54, 1.807) is 13.8 Å². The van der Waals surface area contributed by atoms with Crippen LogP contribution in [0.5, 0.6) is 0 Å². The van der Waals surface area contributed by atoms with Crippen LogP contribution in [0, 0.1) is 31.0 Å². The summed E-state index contributed by atoms with van der Waals surface area (Å²) in [4.78, 5) is 16.6.